The number of hydrogen-bond donors (Lipinski definition) is 1. The van der Waals surface area contributed by atoms with Crippen molar-refractivity contribution in [2.45, 2.75) is 18.7 Å². The number of aromatic nitrogens is 3. The Morgan fingerprint density at radius 2 is 1.89 bits per heavy atom. The summed E-state index contributed by atoms with van der Waals surface area (Å²) in [7, 11) is 0. The molecule has 2 aromatic carbocycles. The first kappa shape index (κ1) is 11.3. The lowest BCUT2D eigenvalue weighted by molar-refractivity contribution is 0.820. The van der Waals surface area contributed by atoms with Crippen molar-refractivity contribution in [2.24, 2.45) is 0 Å². The van der Waals surface area contributed by atoms with Crippen LogP contribution in [0.2, 0.25) is 0 Å². The molecule has 3 rings (SSSR count). The van der Waals surface area contributed by atoms with Gasteiger partial charge in [0.25, 0.3) is 0 Å². The van der Waals surface area contributed by atoms with Crippen LogP contribution in [0.3, 0.4) is 0 Å². The Balaban J connectivity index is 2.26. The summed E-state index contributed by atoms with van der Waals surface area (Å²) in [5.74, 6) is 0. The maximum atomic E-state index is 4.50. The van der Waals surface area contributed by atoms with Gasteiger partial charge in [0, 0.05) is 4.90 Å². The van der Waals surface area contributed by atoms with Gasteiger partial charge < -0.3 is 0 Å². The summed E-state index contributed by atoms with van der Waals surface area (Å²) in [5, 5.41) is 8.37. The Morgan fingerprint density at radius 3 is 2.67 bits per heavy atom. The molecule has 0 atom stereocenters. The first-order valence-electron chi connectivity index (χ1n) is 5.78. The predicted molar refractivity (Wildman–Crippen MR) is 75.6 cm³/mol. The van der Waals surface area contributed by atoms with Crippen molar-refractivity contribution in [1.29, 1.82) is 0 Å². The lowest BCUT2D eigenvalue weighted by Gasteiger charge is -2.08. The van der Waals surface area contributed by atoms with Gasteiger partial charge in [0.1, 0.15) is 5.52 Å². The zero-order valence-electron chi connectivity index (χ0n) is 10.3. The minimum absolute atomic E-state index is 0.899. The third-order valence-electron chi connectivity index (χ3n) is 3.22. The van der Waals surface area contributed by atoms with Gasteiger partial charge in [-0.2, -0.15) is 0 Å². The molecule has 3 nitrogen and oxygen atoms in total. The molecule has 0 aliphatic rings. The first-order valence-corrected chi connectivity index (χ1v) is 6.22. The Labute approximate surface area is 111 Å². The van der Waals surface area contributed by atoms with Crippen molar-refractivity contribution in [3.8, 4) is 5.69 Å². The minimum Gasteiger partial charge on any atom is -0.213 e. The van der Waals surface area contributed by atoms with E-state index in [-0.39, 0.29) is 0 Å². The maximum Gasteiger partial charge on any atom is 0.113 e. The second-order valence-electron chi connectivity index (χ2n) is 4.40. The van der Waals surface area contributed by atoms with Gasteiger partial charge in [0.05, 0.1) is 11.2 Å². The van der Waals surface area contributed by atoms with Gasteiger partial charge in [-0.3, -0.25) is 0 Å². The average Bonchev–Trinajstić information content (AvgIpc) is 2.79. The van der Waals surface area contributed by atoms with Crippen molar-refractivity contribution in [3.05, 3.63) is 47.5 Å². The minimum atomic E-state index is 0.899. The summed E-state index contributed by atoms with van der Waals surface area (Å²) in [6, 6.07) is 12.1. The fourth-order valence-electron chi connectivity index (χ4n) is 2.00. The molecule has 0 amide bonds. The molecule has 0 N–H and O–H groups in total. The molecule has 0 aliphatic heterocycles. The highest BCUT2D eigenvalue weighted by Gasteiger charge is 2.08. The number of benzene rings is 2. The molecule has 0 radical (unpaired) electrons. The molecule has 0 spiro atoms. The highest BCUT2D eigenvalue weighted by Crippen LogP contribution is 2.23. The van der Waals surface area contributed by atoms with E-state index in [1.807, 2.05) is 35.0 Å². The highest BCUT2D eigenvalue weighted by atomic mass is 32.1. The second kappa shape index (κ2) is 4.14. The van der Waals surface area contributed by atoms with Gasteiger partial charge >= 0.3 is 0 Å². The molecule has 18 heavy (non-hydrogen) atoms. The zero-order chi connectivity index (χ0) is 12.7. The van der Waals surface area contributed by atoms with E-state index in [4.69, 9.17) is 0 Å². The molecule has 0 unspecified atom stereocenters. The molecule has 90 valence electrons. The summed E-state index contributed by atoms with van der Waals surface area (Å²) < 4.78 is 1.85. The molecule has 0 saturated carbocycles. The van der Waals surface area contributed by atoms with Crippen LogP contribution in [0.4, 0.5) is 0 Å². The molecule has 1 aromatic heterocycles. The quantitative estimate of drug-likeness (QED) is 0.676. The standard InChI is InChI=1S/C14H13N3S/c1-9-7-11(8-14(18)10(9)2)17-13-6-4-3-5-12(13)15-16-17/h3-8,18H,1-2H3. The van der Waals surface area contributed by atoms with Crippen molar-refractivity contribution in [1.82, 2.24) is 15.0 Å². The van der Waals surface area contributed by atoms with E-state index in [2.05, 4.69) is 42.9 Å². The number of thiol groups is 1. The Bertz CT molecular complexity index is 708. The summed E-state index contributed by atoms with van der Waals surface area (Å²) in [4.78, 5) is 0.976. The molecular weight excluding hydrogens is 242 g/mol. The van der Waals surface area contributed by atoms with Crippen LogP contribution in [0.5, 0.6) is 0 Å². The molecule has 3 aromatic rings. The molecule has 0 saturated heterocycles. The van der Waals surface area contributed by atoms with E-state index in [0.29, 0.717) is 0 Å². The van der Waals surface area contributed by atoms with E-state index in [1.165, 1.54) is 11.1 Å². The van der Waals surface area contributed by atoms with Crippen LogP contribution < -0.4 is 0 Å². The average molecular weight is 255 g/mol. The maximum absolute atomic E-state index is 4.50. The molecule has 4 heteroatoms. The third kappa shape index (κ3) is 1.69. The number of aryl methyl sites for hydroxylation is 1. The van der Waals surface area contributed by atoms with Crippen molar-refractivity contribution >= 4 is 23.7 Å². The SMILES string of the molecule is Cc1cc(-n2nnc3ccccc32)cc(S)c1C. The number of para-hydroxylation sites is 1. The molecule has 1 heterocycles. The van der Waals surface area contributed by atoms with E-state index in [0.717, 1.165) is 21.6 Å². The smallest absolute Gasteiger partial charge is 0.113 e. The fraction of sp³-hybridized carbons (Fsp3) is 0.143. The monoisotopic (exact) mass is 255 g/mol. The Hall–Kier alpha value is -1.81. The Kier molecular flexibility index (Phi) is 2.59. The summed E-state index contributed by atoms with van der Waals surface area (Å²) in [6.07, 6.45) is 0. The predicted octanol–water partition coefficient (Wildman–Crippen LogP) is 3.33. The molecule has 0 aliphatic carbocycles. The van der Waals surface area contributed by atoms with Crippen LogP contribution in [-0.4, -0.2) is 15.0 Å². The van der Waals surface area contributed by atoms with Crippen molar-refractivity contribution in [2.75, 3.05) is 0 Å². The van der Waals surface area contributed by atoms with Crippen LogP contribution in [0, 0.1) is 13.8 Å². The van der Waals surface area contributed by atoms with Gasteiger partial charge in [0.15, 0.2) is 0 Å². The normalized spacial score (nSPS) is 11.1. The van der Waals surface area contributed by atoms with Crippen molar-refractivity contribution < 1.29 is 0 Å². The molecular formula is C14H13N3S. The largest absolute Gasteiger partial charge is 0.213 e. The van der Waals surface area contributed by atoms with Gasteiger partial charge in [0.2, 0.25) is 0 Å². The summed E-state index contributed by atoms with van der Waals surface area (Å²) in [6.45, 7) is 4.15. The van der Waals surface area contributed by atoms with Crippen LogP contribution in [0.25, 0.3) is 16.7 Å². The third-order valence-corrected chi connectivity index (χ3v) is 3.69. The van der Waals surface area contributed by atoms with Gasteiger partial charge in [-0.05, 0) is 49.2 Å². The molecule has 0 bridgehead atoms. The van der Waals surface area contributed by atoms with Gasteiger partial charge in [-0.15, -0.1) is 17.7 Å². The van der Waals surface area contributed by atoms with E-state index < -0.39 is 0 Å². The van der Waals surface area contributed by atoms with Gasteiger partial charge in [-0.1, -0.05) is 17.3 Å². The number of fused-ring (bicyclic) bond motifs is 1. The van der Waals surface area contributed by atoms with E-state index in [1.54, 1.807) is 0 Å². The van der Waals surface area contributed by atoms with Crippen LogP contribution in [-0.2, 0) is 0 Å². The highest BCUT2D eigenvalue weighted by molar-refractivity contribution is 7.80. The Morgan fingerprint density at radius 1 is 1.11 bits per heavy atom. The fourth-order valence-corrected chi connectivity index (χ4v) is 2.31. The lowest BCUT2D eigenvalue weighted by atomic mass is 10.1. The number of nitrogens with zero attached hydrogens (tertiary/aromatic N) is 3. The van der Waals surface area contributed by atoms with E-state index in [9.17, 15) is 0 Å². The second-order valence-corrected chi connectivity index (χ2v) is 4.88. The molecule has 0 fully saturated rings. The van der Waals surface area contributed by atoms with Crippen molar-refractivity contribution in [3.63, 3.8) is 0 Å². The first-order chi connectivity index (χ1) is 8.66. The summed E-state index contributed by atoms with van der Waals surface area (Å²) in [5.41, 5.74) is 5.31. The van der Waals surface area contributed by atoms with E-state index >= 15 is 0 Å². The summed E-state index contributed by atoms with van der Waals surface area (Å²) >= 11 is 4.50. The van der Waals surface area contributed by atoms with Crippen LogP contribution >= 0.6 is 12.6 Å². The number of hydrogen-bond acceptors (Lipinski definition) is 3. The van der Waals surface area contributed by atoms with Gasteiger partial charge in [-0.25, -0.2) is 4.68 Å². The lowest BCUT2D eigenvalue weighted by Crippen LogP contribution is -1.98. The van der Waals surface area contributed by atoms with Crippen LogP contribution in [0.15, 0.2) is 41.3 Å². The number of rotatable bonds is 1. The topological polar surface area (TPSA) is 30.7 Å². The zero-order valence-corrected chi connectivity index (χ0v) is 11.1. The van der Waals surface area contributed by atoms with Crippen LogP contribution in [0.1, 0.15) is 11.1 Å².